The van der Waals surface area contributed by atoms with E-state index in [-0.39, 0.29) is 0 Å². The highest BCUT2D eigenvalue weighted by atomic mass is 16.5. The number of aromatic nitrogens is 3. The number of benzene rings is 1. The van der Waals surface area contributed by atoms with Gasteiger partial charge in [-0.25, -0.2) is 0 Å². The van der Waals surface area contributed by atoms with Crippen molar-refractivity contribution in [2.24, 2.45) is 7.05 Å². The summed E-state index contributed by atoms with van der Waals surface area (Å²) in [6, 6.07) is 13.7. The molecular formula is C24H27N3O2. The molecule has 0 amide bonds. The van der Waals surface area contributed by atoms with Gasteiger partial charge >= 0.3 is 0 Å². The molecule has 0 saturated carbocycles. The lowest BCUT2D eigenvalue weighted by molar-refractivity contribution is 0.299. The molecular weight excluding hydrogens is 362 g/mol. The van der Waals surface area contributed by atoms with Gasteiger partial charge in [0.05, 0.1) is 18.5 Å². The quantitative estimate of drug-likeness (QED) is 0.442. The monoisotopic (exact) mass is 389 g/mol. The first-order valence-electron chi connectivity index (χ1n) is 9.78. The van der Waals surface area contributed by atoms with E-state index in [1.54, 1.807) is 13.3 Å². The fourth-order valence-corrected chi connectivity index (χ4v) is 2.88. The van der Waals surface area contributed by atoms with Crippen LogP contribution in [0.15, 0.2) is 67.0 Å². The van der Waals surface area contributed by atoms with Gasteiger partial charge in [-0.15, -0.1) is 0 Å². The summed E-state index contributed by atoms with van der Waals surface area (Å²) in [6.07, 6.45) is 15.3. The minimum absolute atomic E-state index is 0.436. The predicted molar refractivity (Wildman–Crippen MR) is 117 cm³/mol. The molecule has 150 valence electrons. The Morgan fingerprint density at radius 1 is 1.00 bits per heavy atom. The highest BCUT2D eigenvalue weighted by Crippen LogP contribution is 2.26. The Hall–Kier alpha value is -3.34. The number of aryl methyl sites for hydroxylation is 1. The van der Waals surface area contributed by atoms with Crippen molar-refractivity contribution < 1.29 is 9.47 Å². The number of ether oxygens (including phenoxy) is 2. The van der Waals surface area contributed by atoms with Crippen molar-refractivity contribution in [3.8, 4) is 11.5 Å². The Morgan fingerprint density at radius 3 is 2.59 bits per heavy atom. The van der Waals surface area contributed by atoms with E-state index in [0.717, 1.165) is 47.7 Å². The Bertz CT molecular complexity index is 946. The number of allylic oxidation sites excluding steroid dienone is 2. The fraction of sp³-hybridized carbons (Fsp3) is 0.250. The van der Waals surface area contributed by atoms with E-state index in [0.29, 0.717) is 6.61 Å². The van der Waals surface area contributed by atoms with Gasteiger partial charge < -0.3 is 9.47 Å². The summed E-state index contributed by atoms with van der Waals surface area (Å²) in [5.41, 5.74) is 3.06. The van der Waals surface area contributed by atoms with Crippen molar-refractivity contribution in [2.45, 2.75) is 25.9 Å². The lowest BCUT2D eigenvalue weighted by Gasteiger charge is -2.10. The number of unbranched alkanes of at least 4 members (excludes halogenated alkanes) is 2. The third kappa shape index (κ3) is 6.35. The van der Waals surface area contributed by atoms with E-state index in [1.807, 2.05) is 60.4 Å². The Labute approximate surface area is 172 Å². The van der Waals surface area contributed by atoms with Gasteiger partial charge in [0.15, 0.2) is 0 Å². The molecule has 0 fully saturated rings. The van der Waals surface area contributed by atoms with Gasteiger partial charge in [-0.05, 0) is 55.7 Å². The zero-order valence-corrected chi connectivity index (χ0v) is 17.0. The molecule has 0 unspecified atom stereocenters. The number of hydrogen-bond donors (Lipinski definition) is 0. The Kier molecular flexibility index (Phi) is 7.63. The van der Waals surface area contributed by atoms with Crippen LogP contribution in [0.2, 0.25) is 0 Å². The van der Waals surface area contributed by atoms with Crippen LogP contribution in [-0.2, 0) is 13.7 Å². The highest BCUT2D eigenvalue weighted by molar-refractivity contribution is 5.59. The molecule has 0 N–H and O–H groups in total. The standard InChI is InChI=1S/C24H27N3O2/c1-27-22(15-17-26-27)12-7-5-3-4-6-10-20-13-14-23(18-24(20)28-2)29-19-21-11-8-9-16-25-21/h6-18H,3-5,19H2,1-2H3/b10-6+,12-7+. The zero-order valence-electron chi connectivity index (χ0n) is 17.0. The summed E-state index contributed by atoms with van der Waals surface area (Å²) in [5.74, 6) is 1.57. The molecule has 0 spiro atoms. The van der Waals surface area contributed by atoms with Crippen molar-refractivity contribution in [1.82, 2.24) is 14.8 Å². The first-order valence-corrected chi connectivity index (χ1v) is 9.78. The van der Waals surface area contributed by atoms with Crippen LogP contribution in [0.5, 0.6) is 11.5 Å². The molecule has 0 bridgehead atoms. The number of pyridine rings is 1. The minimum Gasteiger partial charge on any atom is -0.496 e. The maximum atomic E-state index is 5.82. The SMILES string of the molecule is COc1cc(OCc2ccccn2)ccc1/C=C/CCC/C=C/c1ccnn1C. The van der Waals surface area contributed by atoms with Crippen LogP contribution < -0.4 is 9.47 Å². The van der Waals surface area contributed by atoms with Gasteiger partial charge in [-0.2, -0.15) is 5.10 Å². The number of nitrogens with zero attached hydrogens (tertiary/aromatic N) is 3. The second-order valence-electron chi connectivity index (χ2n) is 6.63. The smallest absolute Gasteiger partial charge is 0.130 e. The molecule has 0 radical (unpaired) electrons. The van der Waals surface area contributed by atoms with E-state index in [1.165, 1.54) is 0 Å². The van der Waals surface area contributed by atoms with Crippen molar-refractivity contribution >= 4 is 12.2 Å². The predicted octanol–water partition coefficient (Wildman–Crippen LogP) is 5.30. The number of hydrogen-bond acceptors (Lipinski definition) is 4. The van der Waals surface area contributed by atoms with Gasteiger partial charge in [0.25, 0.3) is 0 Å². The van der Waals surface area contributed by atoms with Crippen molar-refractivity contribution in [3.05, 3.63) is 84.0 Å². The van der Waals surface area contributed by atoms with Gasteiger partial charge in [-0.1, -0.05) is 24.3 Å². The molecule has 5 heteroatoms. The lowest BCUT2D eigenvalue weighted by Crippen LogP contribution is -1.98. The molecule has 2 aromatic heterocycles. The lowest BCUT2D eigenvalue weighted by atomic mass is 10.1. The summed E-state index contributed by atoms with van der Waals surface area (Å²) in [5, 5.41) is 4.16. The molecule has 2 heterocycles. The van der Waals surface area contributed by atoms with Crippen LogP contribution in [0.4, 0.5) is 0 Å². The summed E-state index contributed by atoms with van der Waals surface area (Å²) >= 11 is 0. The van der Waals surface area contributed by atoms with Crippen molar-refractivity contribution in [1.29, 1.82) is 0 Å². The summed E-state index contributed by atoms with van der Waals surface area (Å²) in [4.78, 5) is 4.27. The molecule has 0 aliphatic heterocycles. The molecule has 3 aromatic rings. The average Bonchev–Trinajstić information content (AvgIpc) is 3.17. The average molecular weight is 389 g/mol. The largest absolute Gasteiger partial charge is 0.496 e. The molecule has 0 aliphatic carbocycles. The molecule has 5 nitrogen and oxygen atoms in total. The van der Waals surface area contributed by atoms with E-state index < -0.39 is 0 Å². The molecule has 1 aromatic carbocycles. The normalized spacial score (nSPS) is 11.4. The number of methoxy groups -OCH3 is 1. The highest BCUT2D eigenvalue weighted by Gasteiger charge is 2.03. The molecule has 0 atom stereocenters. The summed E-state index contributed by atoms with van der Waals surface area (Å²) in [7, 11) is 3.63. The van der Waals surface area contributed by atoms with Gasteiger partial charge in [0, 0.05) is 31.1 Å². The van der Waals surface area contributed by atoms with Gasteiger partial charge in [-0.3, -0.25) is 9.67 Å². The maximum Gasteiger partial charge on any atom is 0.130 e. The third-order valence-electron chi connectivity index (χ3n) is 4.50. The van der Waals surface area contributed by atoms with Crippen molar-refractivity contribution in [2.75, 3.05) is 7.11 Å². The second kappa shape index (κ2) is 10.9. The Balaban J connectivity index is 1.47. The van der Waals surface area contributed by atoms with Gasteiger partial charge in [0.2, 0.25) is 0 Å². The van der Waals surface area contributed by atoms with Crippen LogP contribution in [0, 0.1) is 0 Å². The Morgan fingerprint density at radius 2 is 1.86 bits per heavy atom. The van der Waals surface area contributed by atoms with E-state index in [2.05, 4.69) is 34.4 Å². The van der Waals surface area contributed by atoms with Gasteiger partial charge in [0.1, 0.15) is 18.1 Å². The minimum atomic E-state index is 0.436. The van der Waals surface area contributed by atoms with Crippen molar-refractivity contribution in [3.63, 3.8) is 0 Å². The topological polar surface area (TPSA) is 49.2 Å². The first-order chi connectivity index (χ1) is 14.3. The maximum absolute atomic E-state index is 5.82. The fourth-order valence-electron chi connectivity index (χ4n) is 2.88. The van der Waals surface area contributed by atoms with Crippen LogP contribution in [0.1, 0.15) is 36.2 Å². The molecule has 0 aliphatic rings. The summed E-state index contributed by atoms with van der Waals surface area (Å²) < 4.78 is 13.2. The van der Waals surface area contributed by atoms with E-state index in [4.69, 9.17) is 9.47 Å². The third-order valence-corrected chi connectivity index (χ3v) is 4.50. The number of rotatable bonds is 10. The van der Waals surface area contributed by atoms with E-state index in [9.17, 15) is 0 Å². The molecule has 0 saturated heterocycles. The van der Waals surface area contributed by atoms with Crippen LogP contribution in [0.25, 0.3) is 12.2 Å². The first kappa shape index (κ1) is 20.4. The second-order valence-corrected chi connectivity index (χ2v) is 6.63. The van der Waals surface area contributed by atoms with Crippen LogP contribution >= 0.6 is 0 Å². The zero-order chi connectivity index (χ0) is 20.3. The summed E-state index contributed by atoms with van der Waals surface area (Å²) in [6.45, 7) is 0.436. The molecule has 3 rings (SSSR count). The van der Waals surface area contributed by atoms with Crippen LogP contribution in [0.3, 0.4) is 0 Å². The molecule has 29 heavy (non-hydrogen) atoms. The van der Waals surface area contributed by atoms with Crippen LogP contribution in [-0.4, -0.2) is 21.9 Å². The van der Waals surface area contributed by atoms with E-state index >= 15 is 0 Å².